The second-order valence-electron chi connectivity index (χ2n) is 13.4. The lowest BCUT2D eigenvalue weighted by Gasteiger charge is -2.15. The smallest absolute Gasteiger partial charge is 0.0471 e. The molecule has 0 aliphatic rings. The Labute approximate surface area is 288 Å². The van der Waals surface area contributed by atoms with Gasteiger partial charge in [0.15, 0.2) is 0 Å². The van der Waals surface area contributed by atoms with Gasteiger partial charge in [-0.15, -0.1) is 0 Å². The Morgan fingerprint density at radius 3 is 1.16 bits per heavy atom. The van der Waals surface area contributed by atoms with Crippen LogP contribution in [-0.4, -0.2) is 9.97 Å². The number of aromatic amines is 2. The zero-order valence-electron chi connectivity index (χ0n) is 27.2. The van der Waals surface area contributed by atoms with Crippen LogP contribution in [0.5, 0.6) is 0 Å². The molecule has 0 spiro atoms. The number of fused-ring (bicyclic) bond motifs is 12. The summed E-state index contributed by atoms with van der Waals surface area (Å²) in [6.45, 7) is 0. The zero-order valence-corrected chi connectivity index (χ0v) is 27.2. The van der Waals surface area contributed by atoms with Gasteiger partial charge in [-0.3, -0.25) is 0 Å². The molecule has 232 valence electrons. The Morgan fingerprint density at radius 2 is 0.640 bits per heavy atom. The van der Waals surface area contributed by atoms with Crippen molar-refractivity contribution in [3.05, 3.63) is 170 Å². The van der Waals surface area contributed by atoms with Crippen molar-refractivity contribution < 1.29 is 0 Å². The first kappa shape index (κ1) is 27.3. The molecule has 0 saturated heterocycles. The summed E-state index contributed by atoms with van der Waals surface area (Å²) in [6, 6.07) is 62.4. The average Bonchev–Trinajstić information content (AvgIpc) is 3.76. The number of aromatic nitrogens is 2. The van der Waals surface area contributed by atoms with Gasteiger partial charge >= 0.3 is 0 Å². The Hall–Kier alpha value is -6.64. The van der Waals surface area contributed by atoms with E-state index in [1.54, 1.807) is 0 Å². The molecule has 2 nitrogen and oxygen atoms in total. The molecule has 0 aliphatic heterocycles. The van der Waals surface area contributed by atoms with Gasteiger partial charge in [0, 0.05) is 43.6 Å². The predicted octanol–water partition coefficient (Wildman–Crippen LogP) is 13.4. The molecule has 0 saturated carbocycles. The summed E-state index contributed by atoms with van der Waals surface area (Å²) in [5, 5.41) is 12.7. The van der Waals surface area contributed by atoms with Crippen LogP contribution in [0.25, 0.3) is 109 Å². The highest BCUT2D eigenvalue weighted by Crippen LogP contribution is 2.43. The van der Waals surface area contributed by atoms with Gasteiger partial charge in [-0.1, -0.05) is 121 Å². The maximum absolute atomic E-state index is 3.67. The number of hydrogen-bond acceptors (Lipinski definition) is 0. The second kappa shape index (κ2) is 10.4. The van der Waals surface area contributed by atoms with Crippen molar-refractivity contribution in [3.8, 4) is 33.4 Å². The molecular weight excluding hydrogens is 605 g/mol. The largest absolute Gasteiger partial charge is 0.354 e. The maximum atomic E-state index is 3.67. The van der Waals surface area contributed by atoms with E-state index >= 15 is 0 Å². The number of benzene rings is 9. The maximum Gasteiger partial charge on any atom is 0.0471 e. The first-order chi connectivity index (χ1) is 24.8. The number of rotatable bonds is 3. The minimum absolute atomic E-state index is 1.15. The van der Waals surface area contributed by atoms with E-state index in [9.17, 15) is 0 Å². The van der Waals surface area contributed by atoms with Gasteiger partial charge in [0.1, 0.15) is 0 Å². The molecule has 11 aromatic rings. The van der Waals surface area contributed by atoms with Crippen molar-refractivity contribution in [1.82, 2.24) is 9.97 Å². The van der Waals surface area contributed by atoms with E-state index in [0.717, 1.165) is 22.1 Å². The van der Waals surface area contributed by atoms with E-state index in [0.29, 0.717) is 0 Å². The molecule has 50 heavy (non-hydrogen) atoms. The molecule has 0 bridgehead atoms. The van der Waals surface area contributed by atoms with Crippen LogP contribution in [0.3, 0.4) is 0 Å². The van der Waals surface area contributed by atoms with Gasteiger partial charge in [0.25, 0.3) is 0 Å². The van der Waals surface area contributed by atoms with Crippen molar-refractivity contribution >= 4 is 75.9 Å². The van der Waals surface area contributed by atoms with Gasteiger partial charge in [-0.2, -0.15) is 0 Å². The highest BCUT2D eigenvalue weighted by molar-refractivity contribution is 6.26. The van der Waals surface area contributed by atoms with Gasteiger partial charge in [0.2, 0.25) is 0 Å². The molecule has 0 radical (unpaired) electrons. The van der Waals surface area contributed by atoms with Crippen LogP contribution in [0.15, 0.2) is 170 Å². The van der Waals surface area contributed by atoms with Crippen LogP contribution >= 0.6 is 0 Å². The summed E-state index contributed by atoms with van der Waals surface area (Å²) in [7, 11) is 0. The quantitative estimate of drug-likeness (QED) is 0.181. The van der Waals surface area contributed by atoms with Crippen molar-refractivity contribution in [2.75, 3.05) is 0 Å². The standard InChI is InChI=1S/C48H30N2/c1-2-13-37-35(11-1)36-12-3-4-14-38(36)42-28-29(23-24-39(37)42)30-25-31(33-17-9-21-45-47(33)40-15-5-7-19-43(40)49-45)27-32(26-30)34-18-10-22-46-48(34)41-16-6-8-20-44(41)50-46/h1-28,49-50H. The summed E-state index contributed by atoms with van der Waals surface area (Å²) in [5.74, 6) is 0. The highest BCUT2D eigenvalue weighted by Gasteiger charge is 2.17. The van der Waals surface area contributed by atoms with Crippen LogP contribution in [0.2, 0.25) is 0 Å². The fourth-order valence-electron chi connectivity index (χ4n) is 8.48. The molecular formula is C48H30N2. The summed E-state index contributed by atoms with van der Waals surface area (Å²) < 4.78 is 0. The molecule has 0 fully saturated rings. The average molecular weight is 635 g/mol. The summed E-state index contributed by atoms with van der Waals surface area (Å²) in [6.07, 6.45) is 0. The van der Waals surface area contributed by atoms with Gasteiger partial charge in [-0.25, -0.2) is 0 Å². The Bertz CT molecular complexity index is 2990. The lowest BCUT2D eigenvalue weighted by atomic mass is 9.88. The molecule has 2 aromatic heterocycles. The lowest BCUT2D eigenvalue weighted by Crippen LogP contribution is -1.89. The van der Waals surface area contributed by atoms with Crippen LogP contribution in [-0.2, 0) is 0 Å². The second-order valence-corrected chi connectivity index (χ2v) is 13.4. The third-order valence-electron chi connectivity index (χ3n) is 10.7. The first-order valence-corrected chi connectivity index (χ1v) is 17.3. The molecule has 0 aliphatic carbocycles. The van der Waals surface area contributed by atoms with Crippen molar-refractivity contribution in [2.45, 2.75) is 0 Å². The lowest BCUT2D eigenvalue weighted by molar-refractivity contribution is 1.54. The van der Waals surface area contributed by atoms with Gasteiger partial charge in [-0.05, 0) is 114 Å². The topological polar surface area (TPSA) is 31.6 Å². The van der Waals surface area contributed by atoms with E-state index in [1.165, 1.54) is 87.2 Å². The summed E-state index contributed by atoms with van der Waals surface area (Å²) in [4.78, 5) is 7.34. The number of para-hydroxylation sites is 2. The first-order valence-electron chi connectivity index (χ1n) is 17.3. The predicted molar refractivity (Wildman–Crippen MR) is 214 cm³/mol. The third kappa shape index (κ3) is 3.96. The fourth-order valence-corrected chi connectivity index (χ4v) is 8.48. The SMILES string of the molecule is c1ccc2c(c1)[nH]c1cccc(-c3cc(-c4ccc5c6ccccc6c6ccccc6c5c4)cc(-c4cccc5[nH]c6ccccc6c45)c3)c12. The third-order valence-corrected chi connectivity index (χ3v) is 10.7. The van der Waals surface area contributed by atoms with Crippen molar-refractivity contribution in [3.63, 3.8) is 0 Å². The molecule has 11 rings (SSSR count). The minimum atomic E-state index is 1.15. The molecule has 9 aromatic carbocycles. The summed E-state index contributed by atoms with van der Waals surface area (Å²) in [5.41, 5.74) is 11.9. The number of H-pyrrole nitrogens is 2. The monoisotopic (exact) mass is 634 g/mol. The highest BCUT2D eigenvalue weighted by atomic mass is 14.7. The van der Waals surface area contributed by atoms with E-state index in [1.807, 2.05) is 0 Å². The van der Waals surface area contributed by atoms with E-state index in [-0.39, 0.29) is 0 Å². The molecule has 0 amide bonds. The molecule has 0 atom stereocenters. The minimum Gasteiger partial charge on any atom is -0.354 e. The zero-order chi connectivity index (χ0) is 32.8. The van der Waals surface area contributed by atoms with Crippen LogP contribution < -0.4 is 0 Å². The van der Waals surface area contributed by atoms with Gasteiger partial charge in [0.05, 0.1) is 0 Å². The van der Waals surface area contributed by atoms with Crippen LogP contribution in [0.1, 0.15) is 0 Å². The van der Waals surface area contributed by atoms with E-state index in [2.05, 4.69) is 180 Å². The molecule has 2 N–H and O–H groups in total. The van der Waals surface area contributed by atoms with E-state index < -0.39 is 0 Å². The van der Waals surface area contributed by atoms with Crippen LogP contribution in [0, 0.1) is 0 Å². The molecule has 2 heterocycles. The van der Waals surface area contributed by atoms with Crippen molar-refractivity contribution in [2.24, 2.45) is 0 Å². The van der Waals surface area contributed by atoms with Crippen molar-refractivity contribution in [1.29, 1.82) is 0 Å². The Kier molecular flexibility index (Phi) is 5.70. The Morgan fingerprint density at radius 1 is 0.240 bits per heavy atom. The van der Waals surface area contributed by atoms with Gasteiger partial charge < -0.3 is 9.97 Å². The Balaban J connectivity index is 1.23. The molecule has 0 unspecified atom stereocenters. The molecule has 2 heteroatoms. The number of hydrogen-bond donors (Lipinski definition) is 2. The summed E-state index contributed by atoms with van der Waals surface area (Å²) >= 11 is 0. The van der Waals surface area contributed by atoms with E-state index in [4.69, 9.17) is 0 Å². The normalized spacial score (nSPS) is 12.0. The van der Waals surface area contributed by atoms with Crippen LogP contribution in [0.4, 0.5) is 0 Å². The fraction of sp³-hybridized carbons (Fsp3) is 0. The number of nitrogens with one attached hydrogen (secondary N) is 2.